The van der Waals surface area contributed by atoms with Crippen LogP contribution >= 0.6 is 0 Å². The van der Waals surface area contributed by atoms with Gasteiger partial charge in [-0.15, -0.1) is 10.2 Å². The highest BCUT2D eigenvalue weighted by atomic mass is 32.2. The van der Waals surface area contributed by atoms with E-state index in [-0.39, 0.29) is 29.9 Å². The molecule has 0 unspecified atom stereocenters. The van der Waals surface area contributed by atoms with Gasteiger partial charge in [0.15, 0.2) is 5.82 Å². The number of nitrogens with zero attached hydrogens (tertiary/aromatic N) is 6. The Morgan fingerprint density at radius 3 is 2.38 bits per heavy atom. The van der Waals surface area contributed by atoms with Gasteiger partial charge in [-0.3, -0.25) is 4.72 Å². The molecule has 178 valence electrons. The molecule has 1 atom stereocenters. The van der Waals surface area contributed by atoms with Crippen molar-refractivity contribution in [2.75, 3.05) is 18.9 Å². The van der Waals surface area contributed by atoms with Gasteiger partial charge in [0.1, 0.15) is 29.3 Å². The third-order valence-corrected chi connectivity index (χ3v) is 6.51. The molecule has 14 heteroatoms. The number of halogens is 1. The minimum absolute atomic E-state index is 0.0612. The molecule has 3 aromatic heterocycles. The molecular formula is C20H20FN7O5S. The monoisotopic (exact) mass is 489 g/mol. The number of sulfonamides is 1. The maximum absolute atomic E-state index is 13.1. The molecule has 0 bridgehead atoms. The van der Waals surface area contributed by atoms with Gasteiger partial charge in [0, 0.05) is 6.42 Å². The number of hydrogen-bond acceptors (Lipinski definition) is 10. The minimum atomic E-state index is -4.03. The Morgan fingerprint density at radius 1 is 1.12 bits per heavy atom. The molecule has 0 aliphatic heterocycles. The Labute approximate surface area is 193 Å². The van der Waals surface area contributed by atoms with Crippen LogP contribution in [0.15, 0.2) is 47.5 Å². The maximum Gasteiger partial charge on any atom is 0.265 e. The molecule has 4 rings (SSSR count). The van der Waals surface area contributed by atoms with Gasteiger partial charge in [0.2, 0.25) is 21.8 Å². The van der Waals surface area contributed by atoms with Crippen molar-refractivity contribution in [3.8, 4) is 28.9 Å². The second-order valence-corrected chi connectivity index (χ2v) is 9.11. The summed E-state index contributed by atoms with van der Waals surface area (Å²) >= 11 is 0. The van der Waals surface area contributed by atoms with Crippen LogP contribution in [0.4, 0.5) is 10.3 Å². The Bertz CT molecular complexity index is 1350. The number of anilines is 1. The summed E-state index contributed by atoms with van der Waals surface area (Å²) < 4.78 is 59.5. The number of nitrogens with one attached hydrogen (secondary N) is 1. The first kappa shape index (κ1) is 23.1. The van der Waals surface area contributed by atoms with Crippen LogP contribution in [0.5, 0.6) is 11.5 Å². The van der Waals surface area contributed by atoms with Crippen LogP contribution in [0.2, 0.25) is 0 Å². The second kappa shape index (κ2) is 9.43. The molecule has 1 aromatic carbocycles. The molecule has 0 saturated heterocycles. The molecule has 0 aliphatic rings. The van der Waals surface area contributed by atoms with Crippen molar-refractivity contribution >= 4 is 16.0 Å². The first-order chi connectivity index (χ1) is 16.3. The highest BCUT2D eigenvalue weighted by molar-refractivity contribution is 7.93. The quantitative estimate of drug-likeness (QED) is 0.371. The van der Waals surface area contributed by atoms with Crippen LogP contribution in [0.1, 0.15) is 12.7 Å². The van der Waals surface area contributed by atoms with Crippen molar-refractivity contribution in [1.29, 1.82) is 0 Å². The van der Waals surface area contributed by atoms with Crippen LogP contribution in [-0.2, 0) is 16.4 Å². The fourth-order valence-electron chi connectivity index (χ4n) is 3.13. The maximum atomic E-state index is 13.1. The second-order valence-electron chi connectivity index (χ2n) is 7.01. The summed E-state index contributed by atoms with van der Waals surface area (Å²) in [6.45, 7) is 1.47. The smallest absolute Gasteiger partial charge is 0.265 e. The van der Waals surface area contributed by atoms with Gasteiger partial charge in [-0.1, -0.05) is 6.07 Å². The lowest BCUT2D eigenvalue weighted by molar-refractivity contribution is 0.391. The van der Waals surface area contributed by atoms with Crippen molar-refractivity contribution in [3.05, 3.63) is 54.7 Å². The Kier molecular flexibility index (Phi) is 6.40. The van der Waals surface area contributed by atoms with E-state index in [4.69, 9.17) is 13.9 Å². The summed E-state index contributed by atoms with van der Waals surface area (Å²) in [4.78, 5) is 11.7. The van der Waals surface area contributed by atoms with E-state index in [1.807, 2.05) is 0 Å². The lowest BCUT2D eigenvalue weighted by Crippen LogP contribution is -2.29. The fraction of sp³-hybridized carbons (Fsp3) is 0.250. The summed E-state index contributed by atoms with van der Waals surface area (Å²) in [5.74, 6) is 0.338. The number of aromatic nitrogens is 6. The normalized spacial score (nSPS) is 12.4. The molecule has 0 spiro atoms. The molecule has 0 aliphatic carbocycles. The van der Waals surface area contributed by atoms with Gasteiger partial charge in [-0.25, -0.2) is 32.3 Å². The first-order valence-corrected chi connectivity index (χ1v) is 11.4. The Balaban J connectivity index is 1.77. The van der Waals surface area contributed by atoms with Crippen LogP contribution in [0.3, 0.4) is 0 Å². The van der Waals surface area contributed by atoms with E-state index >= 15 is 0 Å². The Morgan fingerprint density at radius 2 is 1.79 bits per heavy atom. The zero-order valence-electron chi connectivity index (χ0n) is 18.3. The topological polar surface area (TPSA) is 147 Å². The third kappa shape index (κ3) is 4.52. The molecule has 34 heavy (non-hydrogen) atoms. The Hall–Kier alpha value is -4.07. The standard InChI is InChI=1S/C20H20FN7O5S/c1-12(9-16-23-10-13(21)11-24-16)34(29,30)27-20-26-25-18(19-22-7-8-33-19)28(20)17-14(31-2)5-4-6-15(17)32-3/h4-8,10-12H,9H2,1-3H3,(H,26,27)/t12-/m0/s1. The highest BCUT2D eigenvalue weighted by Crippen LogP contribution is 2.37. The summed E-state index contributed by atoms with van der Waals surface area (Å²) in [5, 5.41) is 7.10. The van der Waals surface area contributed by atoms with E-state index in [2.05, 4.69) is 29.9 Å². The number of oxazole rings is 1. The molecule has 4 aromatic rings. The van der Waals surface area contributed by atoms with Gasteiger partial charge in [-0.05, 0) is 19.1 Å². The highest BCUT2D eigenvalue weighted by Gasteiger charge is 2.29. The van der Waals surface area contributed by atoms with E-state index in [9.17, 15) is 12.8 Å². The molecule has 0 amide bonds. The van der Waals surface area contributed by atoms with E-state index in [1.165, 1.54) is 38.2 Å². The average molecular weight is 489 g/mol. The molecule has 12 nitrogen and oxygen atoms in total. The molecular weight excluding hydrogens is 469 g/mol. The molecule has 0 saturated carbocycles. The first-order valence-electron chi connectivity index (χ1n) is 9.88. The number of methoxy groups -OCH3 is 2. The molecule has 1 N–H and O–H groups in total. The number of para-hydroxylation sites is 1. The molecule has 0 radical (unpaired) electrons. The van der Waals surface area contributed by atoms with Crippen molar-refractivity contribution in [2.24, 2.45) is 0 Å². The molecule has 3 heterocycles. The summed E-state index contributed by atoms with van der Waals surface area (Å²) in [7, 11) is -1.11. The van der Waals surface area contributed by atoms with E-state index < -0.39 is 21.1 Å². The summed E-state index contributed by atoms with van der Waals surface area (Å²) in [6, 6.07) is 5.05. The van der Waals surface area contributed by atoms with E-state index in [0.717, 1.165) is 12.4 Å². The minimum Gasteiger partial charge on any atom is -0.494 e. The van der Waals surface area contributed by atoms with Crippen molar-refractivity contribution in [3.63, 3.8) is 0 Å². The molecule has 0 fully saturated rings. The SMILES string of the molecule is COc1cccc(OC)c1-n1c(NS(=O)(=O)[C@@H](C)Cc2ncc(F)cn2)nnc1-c1ncco1. The van der Waals surface area contributed by atoms with Gasteiger partial charge < -0.3 is 13.9 Å². The summed E-state index contributed by atoms with van der Waals surface area (Å²) in [6.07, 6.45) is 4.66. The lowest BCUT2D eigenvalue weighted by Gasteiger charge is -2.18. The predicted octanol–water partition coefficient (Wildman–Crippen LogP) is 2.24. The van der Waals surface area contributed by atoms with Crippen molar-refractivity contribution in [2.45, 2.75) is 18.6 Å². The number of benzene rings is 1. The number of rotatable bonds is 9. The predicted molar refractivity (Wildman–Crippen MR) is 118 cm³/mol. The number of ether oxygens (including phenoxy) is 2. The summed E-state index contributed by atoms with van der Waals surface area (Å²) in [5.41, 5.74) is 0.331. The van der Waals surface area contributed by atoms with Gasteiger partial charge in [-0.2, -0.15) is 0 Å². The van der Waals surface area contributed by atoms with Crippen LogP contribution in [0, 0.1) is 5.82 Å². The number of hydrogen-bond donors (Lipinski definition) is 1. The van der Waals surface area contributed by atoms with Crippen LogP contribution < -0.4 is 14.2 Å². The van der Waals surface area contributed by atoms with Gasteiger partial charge in [0.05, 0.1) is 38.1 Å². The van der Waals surface area contributed by atoms with Crippen molar-refractivity contribution < 1.29 is 26.7 Å². The van der Waals surface area contributed by atoms with Gasteiger partial charge >= 0.3 is 0 Å². The van der Waals surface area contributed by atoms with E-state index in [1.54, 1.807) is 18.2 Å². The van der Waals surface area contributed by atoms with Crippen LogP contribution in [-0.4, -0.2) is 57.6 Å². The van der Waals surface area contributed by atoms with Crippen LogP contribution in [0.25, 0.3) is 17.4 Å². The zero-order valence-corrected chi connectivity index (χ0v) is 19.2. The lowest BCUT2D eigenvalue weighted by atomic mass is 10.2. The average Bonchev–Trinajstić information content (AvgIpc) is 3.49. The van der Waals surface area contributed by atoms with Gasteiger partial charge in [0.25, 0.3) is 5.89 Å². The van der Waals surface area contributed by atoms with Crippen molar-refractivity contribution in [1.82, 2.24) is 29.7 Å². The fourth-order valence-corrected chi connectivity index (χ4v) is 4.08. The van der Waals surface area contributed by atoms with E-state index in [0.29, 0.717) is 17.2 Å². The third-order valence-electron chi connectivity index (χ3n) is 4.82. The largest absolute Gasteiger partial charge is 0.494 e. The zero-order chi connectivity index (χ0) is 24.3.